The molecule has 0 bridgehead atoms. The summed E-state index contributed by atoms with van der Waals surface area (Å²) in [5, 5.41) is 0.643. The van der Waals surface area contributed by atoms with Crippen molar-refractivity contribution in [3.63, 3.8) is 0 Å². The normalized spacial score (nSPS) is 28.3. The first-order valence-corrected chi connectivity index (χ1v) is 8.66. The minimum atomic E-state index is -0.226. The van der Waals surface area contributed by atoms with E-state index in [2.05, 4.69) is 13.8 Å². The highest BCUT2D eigenvalue weighted by Gasteiger charge is 2.38. The van der Waals surface area contributed by atoms with Crippen LogP contribution in [0.1, 0.15) is 26.7 Å². The highest BCUT2D eigenvalue weighted by molar-refractivity contribution is 6.30. The van der Waals surface area contributed by atoms with E-state index >= 15 is 0 Å². The van der Waals surface area contributed by atoms with Gasteiger partial charge in [0, 0.05) is 36.8 Å². The van der Waals surface area contributed by atoms with E-state index in [1.54, 1.807) is 17.0 Å². The predicted octanol–water partition coefficient (Wildman–Crippen LogP) is 3.20. The van der Waals surface area contributed by atoms with Gasteiger partial charge in [0.15, 0.2) is 0 Å². The topological polar surface area (TPSA) is 40.6 Å². The third-order valence-corrected chi connectivity index (χ3v) is 5.05. The second-order valence-corrected chi connectivity index (χ2v) is 7.51. The summed E-state index contributed by atoms with van der Waals surface area (Å²) in [6.07, 6.45) is 1.48. The van der Waals surface area contributed by atoms with Crippen molar-refractivity contribution < 1.29 is 9.59 Å². The molecule has 0 aliphatic carbocycles. The first-order chi connectivity index (χ1) is 10.9. The van der Waals surface area contributed by atoms with Crippen molar-refractivity contribution in [2.45, 2.75) is 26.7 Å². The molecule has 1 aromatic carbocycles. The molecule has 4 nitrogen and oxygen atoms in total. The maximum atomic E-state index is 12.8. The van der Waals surface area contributed by atoms with Crippen LogP contribution in [0.2, 0.25) is 5.02 Å². The van der Waals surface area contributed by atoms with Crippen molar-refractivity contribution in [3.8, 4) is 0 Å². The number of amides is 2. The van der Waals surface area contributed by atoms with Crippen molar-refractivity contribution in [2.24, 2.45) is 17.8 Å². The van der Waals surface area contributed by atoms with Crippen LogP contribution in [0.25, 0.3) is 0 Å². The number of hydrogen-bond acceptors (Lipinski definition) is 2. The lowest BCUT2D eigenvalue weighted by Gasteiger charge is -2.36. The first kappa shape index (κ1) is 16.3. The van der Waals surface area contributed by atoms with Crippen molar-refractivity contribution in [3.05, 3.63) is 29.3 Å². The van der Waals surface area contributed by atoms with Gasteiger partial charge in [0.25, 0.3) is 0 Å². The third-order valence-electron chi connectivity index (χ3n) is 4.79. The van der Waals surface area contributed by atoms with Crippen molar-refractivity contribution >= 4 is 29.1 Å². The summed E-state index contributed by atoms with van der Waals surface area (Å²) in [4.78, 5) is 28.8. The van der Waals surface area contributed by atoms with Crippen molar-refractivity contribution in [2.75, 3.05) is 24.5 Å². The van der Waals surface area contributed by atoms with Crippen LogP contribution < -0.4 is 4.90 Å². The quantitative estimate of drug-likeness (QED) is 0.833. The Bertz CT molecular complexity index is 592. The van der Waals surface area contributed by atoms with Crippen LogP contribution in [0.15, 0.2) is 24.3 Å². The molecule has 2 aliphatic rings. The molecule has 2 aliphatic heterocycles. The van der Waals surface area contributed by atoms with Gasteiger partial charge in [0.2, 0.25) is 11.8 Å². The van der Waals surface area contributed by atoms with Gasteiger partial charge in [0.05, 0.1) is 5.92 Å². The molecule has 3 rings (SSSR count). The van der Waals surface area contributed by atoms with E-state index in [1.165, 1.54) is 6.42 Å². The number of carbonyl (C=O) groups is 2. The Morgan fingerprint density at radius 1 is 1.09 bits per heavy atom. The number of piperidine rings is 1. The Balaban J connectivity index is 1.69. The van der Waals surface area contributed by atoms with Crippen LogP contribution in [0.4, 0.5) is 5.69 Å². The van der Waals surface area contributed by atoms with Gasteiger partial charge in [-0.3, -0.25) is 9.59 Å². The van der Waals surface area contributed by atoms with Crippen molar-refractivity contribution in [1.29, 1.82) is 0 Å². The molecule has 0 aromatic heterocycles. The average molecular weight is 335 g/mol. The molecule has 5 heteroatoms. The second-order valence-electron chi connectivity index (χ2n) is 7.07. The Kier molecular flexibility index (Phi) is 4.62. The number of carbonyl (C=O) groups excluding carboxylic acids is 2. The third kappa shape index (κ3) is 3.52. The fourth-order valence-corrected chi connectivity index (χ4v) is 3.97. The van der Waals surface area contributed by atoms with E-state index in [1.807, 2.05) is 17.0 Å². The molecule has 0 spiro atoms. The summed E-state index contributed by atoms with van der Waals surface area (Å²) < 4.78 is 0. The van der Waals surface area contributed by atoms with Gasteiger partial charge in [-0.15, -0.1) is 0 Å². The summed E-state index contributed by atoms with van der Waals surface area (Å²) in [7, 11) is 0. The van der Waals surface area contributed by atoms with Crippen LogP contribution in [-0.2, 0) is 9.59 Å². The highest BCUT2D eigenvalue weighted by Crippen LogP contribution is 2.29. The molecule has 23 heavy (non-hydrogen) atoms. The molecule has 2 heterocycles. The monoisotopic (exact) mass is 334 g/mol. The first-order valence-electron chi connectivity index (χ1n) is 8.28. The number of benzene rings is 1. The lowest BCUT2D eigenvalue weighted by molar-refractivity contribution is -0.138. The molecule has 0 N–H and O–H groups in total. The summed E-state index contributed by atoms with van der Waals surface area (Å²) >= 11 is 5.90. The fraction of sp³-hybridized carbons (Fsp3) is 0.556. The van der Waals surface area contributed by atoms with E-state index in [-0.39, 0.29) is 17.7 Å². The van der Waals surface area contributed by atoms with E-state index in [4.69, 9.17) is 11.6 Å². The molecular formula is C18H23ClN2O2. The molecule has 2 amide bonds. The Labute approximate surface area is 142 Å². The Morgan fingerprint density at radius 3 is 2.30 bits per heavy atom. The predicted molar refractivity (Wildman–Crippen MR) is 91.4 cm³/mol. The summed E-state index contributed by atoms with van der Waals surface area (Å²) in [6.45, 7) is 6.48. The molecular weight excluding hydrogens is 312 g/mol. The molecule has 2 saturated heterocycles. The van der Waals surface area contributed by atoms with Gasteiger partial charge in [-0.2, -0.15) is 0 Å². The van der Waals surface area contributed by atoms with E-state index in [9.17, 15) is 9.59 Å². The smallest absolute Gasteiger partial charge is 0.228 e. The number of halogens is 1. The maximum Gasteiger partial charge on any atom is 0.228 e. The van der Waals surface area contributed by atoms with E-state index < -0.39 is 0 Å². The van der Waals surface area contributed by atoms with E-state index in [0.29, 0.717) is 29.8 Å². The van der Waals surface area contributed by atoms with Crippen LogP contribution in [0.5, 0.6) is 0 Å². The molecule has 124 valence electrons. The largest absolute Gasteiger partial charge is 0.342 e. The van der Waals surface area contributed by atoms with Gasteiger partial charge in [-0.1, -0.05) is 25.4 Å². The highest BCUT2D eigenvalue weighted by atomic mass is 35.5. The summed E-state index contributed by atoms with van der Waals surface area (Å²) in [5.74, 6) is 0.993. The lowest BCUT2D eigenvalue weighted by atomic mass is 9.91. The number of likely N-dealkylation sites (tertiary alicyclic amines) is 1. The van der Waals surface area contributed by atoms with E-state index in [0.717, 1.165) is 18.8 Å². The molecule has 1 aromatic rings. The molecule has 0 radical (unpaired) electrons. The van der Waals surface area contributed by atoms with Gasteiger partial charge < -0.3 is 9.80 Å². The maximum absolute atomic E-state index is 12.8. The Hall–Kier alpha value is -1.55. The SMILES string of the molecule is C[C@@H]1C[C@@H](C)CN(C(=O)[C@@H]2CC(=O)N(c3ccc(Cl)cc3)C2)C1. The molecule has 2 fully saturated rings. The zero-order valence-electron chi connectivity index (χ0n) is 13.7. The molecule has 3 atom stereocenters. The zero-order valence-corrected chi connectivity index (χ0v) is 14.4. The van der Waals surface area contributed by atoms with Gasteiger partial charge >= 0.3 is 0 Å². The van der Waals surface area contributed by atoms with Crippen LogP contribution in [0, 0.1) is 17.8 Å². The van der Waals surface area contributed by atoms with Crippen LogP contribution >= 0.6 is 11.6 Å². The average Bonchev–Trinajstić information content (AvgIpc) is 2.88. The Morgan fingerprint density at radius 2 is 1.70 bits per heavy atom. The number of nitrogens with zero attached hydrogens (tertiary/aromatic N) is 2. The molecule has 0 saturated carbocycles. The standard InChI is InChI=1S/C18H23ClN2O2/c1-12-7-13(2)10-20(9-12)18(23)14-8-17(22)21(11-14)16-5-3-15(19)4-6-16/h3-6,12-14H,7-11H2,1-2H3/t12-,13-,14-/m1/s1. The number of rotatable bonds is 2. The number of hydrogen-bond donors (Lipinski definition) is 0. The minimum absolute atomic E-state index is 0.0174. The van der Waals surface area contributed by atoms with Gasteiger partial charge in [-0.25, -0.2) is 0 Å². The minimum Gasteiger partial charge on any atom is -0.342 e. The van der Waals surface area contributed by atoms with Gasteiger partial charge in [0.1, 0.15) is 0 Å². The summed E-state index contributed by atoms with van der Waals surface area (Å²) in [6, 6.07) is 7.21. The number of anilines is 1. The lowest BCUT2D eigenvalue weighted by Crippen LogP contribution is -2.45. The van der Waals surface area contributed by atoms with Gasteiger partial charge in [-0.05, 0) is 42.5 Å². The van der Waals surface area contributed by atoms with Crippen LogP contribution in [-0.4, -0.2) is 36.3 Å². The fourth-order valence-electron chi connectivity index (χ4n) is 3.84. The summed E-state index contributed by atoms with van der Waals surface area (Å²) in [5.41, 5.74) is 0.815. The second kappa shape index (κ2) is 6.52. The zero-order chi connectivity index (χ0) is 16.6. The molecule has 0 unspecified atom stereocenters. The van der Waals surface area contributed by atoms with Crippen molar-refractivity contribution in [1.82, 2.24) is 4.90 Å². The van der Waals surface area contributed by atoms with Crippen LogP contribution in [0.3, 0.4) is 0 Å².